The van der Waals surface area contributed by atoms with Crippen LogP contribution in [-0.2, 0) is 7.05 Å². The van der Waals surface area contributed by atoms with Crippen molar-refractivity contribution in [2.24, 2.45) is 12.8 Å². The Kier molecular flexibility index (Phi) is 2.92. The highest BCUT2D eigenvalue weighted by atomic mass is 16.5. The maximum absolute atomic E-state index is 5.59. The molecule has 0 radical (unpaired) electrons. The molecule has 0 bridgehead atoms. The van der Waals surface area contributed by atoms with Crippen LogP contribution in [0.3, 0.4) is 0 Å². The van der Waals surface area contributed by atoms with Gasteiger partial charge in [0.2, 0.25) is 0 Å². The molecule has 0 amide bonds. The second-order valence-corrected chi connectivity index (χ2v) is 3.64. The number of hydrogen-bond donors (Lipinski definition) is 1. The lowest BCUT2D eigenvalue weighted by molar-refractivity contribution is 0.314. The molecule has 0 aliphatic rings. The Labute approximate surface area is 89.4 Å². The molecule has 2 N–H and O–H groups in total. The van der Waals surface area contributed by atoms with E-state index in [0.717, 1.165) is 12.2 Å². The molecule has 15 heavy (non-hydrogen) atoms. The van der Waals surface area contributed by atoms with Crippen molar-refractivity contribution in [1.82, 2.24) is 4.57 Å². The van der Waals surface area contributed by atoms with Gasteiger partial charge in [-0.3, -0.25) is 0 Å². The van der Waals surface area contributed by atoms with Crippen molar-refractivity contribution < 1.29 is 4.74 Å². The van der Waals surface area contributed by atoms with E-state index < -0.39 is 0 Å². The lowest BCUT2D eigenvalue weighted by Crippen LogP contribution is -2.06. The Morgan fingerprint density at radius 3 is 3.00 bits per heavy atom. The minimum atomic E-state index is 0.673. The van der Waals surface area contributed by atoms with Crippen LogP contribution in [0, 0.1) is 0 Å². The van der Waals surface area contributed by atoms with Crippen LogP contribution in [0.15, 0.2) is 30.5 Å². The Morgan fingerprint density at radius 2 is 2.20 bits per heavy atom. The lowest BCUT2D eigenvalue weighted by atomic mass is 10.2. The van der Waals surface area contributed by atoms with Crippen molar-refractivity contribution >= 4 is 10.9 Å². The van der Waals surface area contributed by atoms with Crippen molar-refractivity contribution in [2.75, 3.05) is 13.2 Å². The maximum Gasteiger partial charge on any atom is 0.121 e. The van der Waals surface area contributed by atoms with E-state index in [-0.39, 0.29) is 0 Å². The fourth-order valence-electron chi connectivity index (χ4n) is 1.61. The van der Waals surface area contributed by atoms with Gasteiger partial charge in [0.15, 0.2) is 0 Å². The van der Waals surface area contributed by atoms with E-state index in [1.165, 1.54) is 10.9 Å². The SMILES string of the molecule is Cn1ccc2ccc(OCCCN)cc21. The smallest absolute Gasteiger partial charge is 0.121 e. The van der Waals surface area contributed by atoms with Crippen molar-refractivity contribution in [3.05, 3.63) is 30.5 Å². The molecule has 2 aromatic rings. The van der Waals surface area contributed by atoms with E-state index in [9.17, 15) is 0 Å². The Hall–Kier alpha value is -1.48. The summed E-state index contributed by atoms with van der Waals surface area (Å²) in [4.78, 5) is 0. The summed E-state index contributed by atoms with van der Waals surface area (Å²) in [6, 6.07) is 8.23. The van der Waals surface area contributed by atoms with Gasteiger partial charge in [0, 0.05) is 19.3 Å². The van der Waals surface area contributed by atoms with Crippen molar-refractivity contribution in [3.8, 4) is 5.75 Å². The number of aryl methyl sites for hydroxylation is 1. The molecule has 0 atom stereocenters. The quantitative estimate of drug-likeness (QED) is 0.773. The average molecular weight is 204 g/mol. The number of aromatic nitrogens is 1. The van der Waals surface area contributed by atoms with E-state index >= 15 is 0 Å². The van der Waals surface area contributed by atoms with Crippen molar-refractivity contribution in [3.63, 3.8) is 0 Å². The van der Waals surface area contributed by atoms with Crippen LogP contribution in [-0.4, -0.2) is 17.7 Å². The van der Waals surface area contributed by atoms with Gasteiger partial charge in [-0.25, -0.2) is 0 Å². The Balaban J connectivity index is 2.18. The minimum absolute atomic E-state index is 0.673. The monoisotopic (exact) mass is 204 g/mol. The first-order valence-corrected chi connectivity index (χ1v) is 5.19. The third-order valence-electron chi connectivity index (χ3n) is 2.48. The number of ether oxygens (including phenoxy) is 1. The van der Waals surface area contributed by atoms with Crippen LogP contribution in [0.25, 0.3) is 10.9 Å². The van der Waals surface area contributed by atoms with E-state index in [4.69, 9.17) is 10.5 Å². The molecule has 1 aromatic carbocycles. The van der Waals surface area contributed by atoms with Gasteiger partial charge in [0.1, 0.15) is 5.75 Å². The number of rotatable bonds is 4. The standard InChI is InChI=1S/C12H16N2O/c1-14-7-5-10-3-4-11(9-12(10)14)15-8-2-6-13/h3-5,7,9H,2,6,8,13H2,1H3. The molecule has 3 nitrogen and oxygen atoms in total. The average Bonchev–Trinajstić information content (AvgIpc) is 2.61. The van der Waals surface area contributed by atoms with Crippen LogP contribution in [0.2, 0.25) is 0 Å². The molecule has 0 fully saturated rings. The predicted octanol–water partition coefficient (Wildman–Crippen LogP) is 1.91. The largest absolute Gasteiger partial charge is 0.493 e. The van der Waals surface area contributed by atoms with Crippen LogP contribution >= 0.6 is 0 Å². The van der Waals surface area contributed by atoms with Gasteiger partial charge in [-0.15, -0.1) is 0 Å². The van der Waals surface area contributed by atoms with Crippen molar-refractivity contribution in [1.29, 1.82) is 0 Å². The minimum Gasteiger partial charge on any atom is -0.493 e. The zero-order valence-electron chi connectivity index (χ0n) is 8.94. The Morgan fingerprint density at radius 1 is 1.33 bits per heavy atom. The van der Waals surface area contributed by atoms with E-state index in [1.807, 2.05) is 19.3 Å². The van der Waals surface area contributed by atoms with Crippen LogP contribution in [0.5, 0.6) is 5.75 Å². The first-order valence-electron chi connectivity index (χ1n) is 5.19. The fourth-order valence-corrected chi connectivity index (χ4v) is 1.61. The summed E-state index contributed by atoms with van der Waals surface area (Å²) in [7, 11) is 2.03. The molecule has 0 unspecified atom stereocenters. The zero-order valence-corrected chi connectivity index (χ0v) is 8.94. The fraction of sp³-hybridized carbons (Fsp3) is 0.333. The first-order chi connectivity index (χ1) is 7.31. The second kappa shape index (κ2) is 4.36. The normalized spacial score (nSPS) is 10.8. The van der Waals surface area contributed by atoms with Gasteiger partial charge in [-0.1, -0.05) is 0 Å². The third kappa shape index (κ3) is 2.13. The van der Waals surface area contributed by atoms with Crippen LogP contribution < -0.4 is 10.5 Å². The van der Waals surface area contributed by atoms with E-state index in [1.54, 1.807) is 0 Å². The van der Waals surface area contributed by atoms with Gasteiger partial charge in [-0.05, 0) is 36.6 Å². The van der Waals surface area contributed by atoms with Gasteiger partial charge in [0.25, 0.3) is 0 Å². The molecular weight excluding hydrogens is 188 g/mol. The van der Waals surface area contributed by atoms with Gasteiger partial charge in [0.05, 0.1) is 12.1 Å². The number of fused-ring (bicyclic) bond motifs is 1. The summed E-state index contributed by atoms with van der Waals surface area (Å²) in [5.41, 5.74) is 6.60. The molecule has 3 heteroatoms. The molecule has 2 rings (SSSR count). The van der Waals surface area contributed by atoms with Crippen LogP contribution in [0.4, 0.5) is 0 Å². The highest BCUT2D eigenvalue weighted by molar-refractivity contribution is 5.81. The molecule has 1 aromatic heterocycles. The highest BCUT2D eigenvalue weighted by Gasteiger charge is 2.00. The Bertz CT molecular complexity index is 448. The molecule has 1 heterocycles. The predicted molar refractivity (Wildman–Crippen MR) is 62.1 cm³/mol. The number of benzene rings is 1. The second-order valence-electron chi connectivity index (χ2n) is 3.64. The van der Waals surface area contributed by atoms with Crippen molar-refractivity contribution in [2.45, 2.75) is 6.42 Å². The molecule has 0 saturated heterocycles. The summed E-state index contributed by atoms with van der Waals surface area (Å²) in [5.74, 6) is 0.915. The summed E-state index contributed by atoms with van der Waals surface area (Å²) in [5, 5.41) is 1.24. The topological polar surface area (TPSA) is 40.2 Å². The van der Waals surface area contributed by atoms with Gasteiger partial charge in [-0.2, -0.15) is 0 Å². The number of nitrogens with two attached hydrogens (primary N) is 1. The van der Waals surface area contributed by atoms with Gasteiger partial charge < -0.3 is 15.0 Å². The molecule has 0 spiro atoms. The summed E-state index contributed by atoms with van der Waals surface area (Å²) >= 11 is 0. The molecule has 80 valence electrons. The molecule has 0 aliphatic heterocycles. The summed E-state index contributed by atoms with van der Waals surface area (Å²) in [6.07, 6.45) is 2.94. The molecule has 0 saturated carbocycles. The third-order valence-corrected chi connectivity index (χ3v) is 2.48. The van der Waals surface area contributed by atoms with Gasteiger partial charge >= 0.3 is 0 Å². The summed E-state index contributed by atoms with van der Waals surface area (Å²) in [6.45, 7) is 1.36. The maximum atomic E-state index is 5.59. The zero-order chi connectivity index (χ0) is 10.7. The number of nitrogens with zero attached hydrogens (tertiary/aromatic N) is 1. The number of hydrogen-bond acceptors (Lipinski definition) is 2. The van der Waals surface area contributed by atoms with Crippen LogP contribution in [0.1, 0.15) is 6.42 Å². The first kappa shape index (κ1) is 10.1. The molecular formula is C12H16N2O. The van der Waals surface area contributed by atoms with E-state index in [2.05, 4.69) is 22.8 Å². The van der Waals surface area contributed by atoms with E-state index in [0.29, 0.717) is 13.2 Å². The summed E-state index contributed by atoms with van der Waals surface area (Å²) < 4.78 is 7.67. The lowest BCUT2D eigenvalue weighted by Gasteiger charge is -2.05. The molecule has 0 aliphatic carbocycles. The highest BCUT2D eigenvalue weighted by Crippen LogP contribution is 2.21.